The van der Waals surface area contributed by atoms with Crippen LogP contribution in [0.1, 0.15) is 54.5 Å². The Morgan fingerprint density at radius 3 is 2.63 bits per heavy atom. The average Bonchev–Trinajstić information content (AvgIpc) is 3.30. The summed E-state index contributed by atoms with van der Waals surface area (Å²) in [5, 5.41) is 2.92. The fourth-order valence-corrected chi connectivity index (χ4v) is 4.06. The van der Waals surface area contributed by atoms with Gasteiger partial charge in [0, 0.05) is 75.3 Å². The highest BCUT2D eigenvalue weighted by atomic mass is 16.2. The van der Waals surface area contributed by atoms with Crippen LogP contribution in [-0.4, -0.2) is 50.5 Å². The second-order valence-electron chi connectivity index (χ2n) is 7.76. The van der Waals surface area contributed by atoms with Crippen molar-refractivity contribution in [2.45, 2.75) is 39.7 Å². The van der Waals surface area contributed by atoms with Crippen LogP contribution in [0.3, 0.4) is 0 Å². The van der Waals surface area contributed by atoms with Gasteiger partial charge in [0.05, 0.1) is 11.9 Å². The molecule has 1 saturated heterocycles. The number of hydrogen-bond acceptors (Lipinski definition) is 3. The molecule has 1 aliphatic rings. The molecule has 146 valence electrons. The number of amides is 2. The van der Waals surface area contributed by atoms with Crippen molar-refractivity contribution >= 4 is 11.8 Å². The van der Waals surface area contributed by atoms with Crippen molar-refractivity contribution in [3.05, 3.63) is 41.7 Å². The van der Waals surface area contributed by atoms with Gasteiger partial charge in [0.15, 0.2) is 0 Å². The lowest BCUT2D eigenvalue weighted by Gasteiger charge is -2.18. The Morgan fingerprint density at radius 1 is 1.33 bits per heavy atom. The van der Waals surface area contributed by atoms with Gasteiger partial charge in [0.2, 0.25) is 5.91 Å². The monoisotopic (exact) mass is 371 g/mol. The van der Waals surface area contributed by atoms with Crippen LogP contribution < -0.4 is 5.32 Å². The summed E-state index contributed by atoms with van der Waals surface area (Å²) in [7, 11) is 1.97. The molecular weight excluding hydrogens is 342 g/mol. The van der Waals surface area contributed by atoms with Gasteiger partial charge in [-0.25, -0.2) is 4.98 Å². The molecule has 3 rings (SSSR count). The highest BCUT2D eigenvalue weighted by molar-refractivity contribution is 5.95. The van der Waals surface area contributed by atoms with E-state index in [1.807, 2.05) is 41.9 Å². The van der Waals surface area contributed by atoms with Crippen LogP contribution in [0.25, 0.3) is 0 Å². The van der Waals surface area contributed by atoms with Gasteiger partial charge >= 0.3 is 0 Å². The van der Waals surface area contributed by atoms with Crippen molar-refractivity contribution in [1.29, 1.82) is 0 Å². The maximum atomic E-state index is 13.2. The van der Waals surface area contributed by atoms with Crippen LogP contribution in [0.4, 0.5) is 0 Å². The quantitative estimate of drug-likeness (QED) is 0.875. The van der Waals surface area contributed by atoms with E-state index >= 15 is 0 Å². The smallest absolute Gasteiger partial charge is 0.255 e. The number of hydrogen-bond donors (Lipinski definition) is 1. The predicted octanol–water partition coefficient (Wildman–Crippen LogP) is 2.10. The van der Waals surface area contributed by atoms with Crippen LogP contribution in [-0.2, 0) is 11.8 Å². The SMILES string of the molecule is CC(=O)NC[C@@H]1CN(C(=O)c2ccn(C(C)C)c2C)C[C@H]1c1cncn1C. The molecular formula is C20H29N5O2. The first-order chi connectivity index (χ1) is 12.8. The summed E-state index contributed by atoms with van der Waals surface area (Å²) in [5.74, 6) is 0.333. The zero-order valence-corrected chi connectivity index (χ0v) is 16.8. The predicted molar refractivity (Wildman–Crippen MR) is 104 cm³/mol. The van der Waals surface area contributed by atoms with E-state index in [0.717, 1.165) is 17.0 Å². The van der Waals surface area contributed by atoms with E-state index in [9.17, 15) is 9.59 Å². The van der Waals surface area contributed by atoms with E-state index in [4.69, 9.17) is 0 Å². The number of aryl methyl sites for hydroxylation is 1. The van der Waals surface area contributed by atoms with Gasteiger partial charge in [-0.3, -0.25) is 9.59 Å². The van der Waals surface area contributed by atoms with Gasteiger partial charge in [0.1, 0.15) is 0 Å². The maximum absolute atomic E-state index is 13.2. The van der Waals surface area contributed by atoms with E-state index < -0.39 is 0 Å². The van der Waals surface area contributed by atoms with Crippen LogP contribution in [0, 0.1) is 12.8 Å². The molecule has 0 radical (unpaired) electrons. The van der Waals surface area contributed by atoms with Crippen molar-refractivity contribution in [3.8, 4) is 0 Å². The van der Waals surface area contributed by atoms with Crippen LogP contribution in [0.2, 0.25) is 0 Å². The Kier molecular flexibility index (Phi) is 5.39. The minimum atomic E-state index is -0.0478. The molecule has 2 amide bonds. The van der Waals surface area contributed by atoms with Gasteiger partial charge in [-0.05, 0) is 26.8 Å². The Hall–Kier alpha value is -2.57. The maximum Gasteiger partial charge on any atom is 0.255 e. The average molecular weight is 371 g/mol. The number of imidazole rings is 1. The molecule has 1 fully saturated rings. The molecule has 0 aromatic carbocycles. The first-order valence-corrected chi connectivity index (χ1v) is 9.47. The summed E-state index contributed by atoms with van der Waals surface area (Å²) >= 11 is 0. The lowest BCUT2D eigenvalue weighted by molar-refractivity contribution is -0.119. The number of nitrogens with one attached hydrogen (secondary N) is 1. The first kappa shape index (κ1) is 19.2. The van der Waals surface area contributed by atoms with E-state index in [-0.39, 0.29) is 23.7 Å². The molecule has 0 unspecified atom stereocenters. The molecule has 2 aromatic rings. The Bertz CT molecular complexity index is 835. The molecule has 0 spiro atoms. The molecule has 7 heteroatoms. The molecule has 1 N–H and O–H groups in total. The molecule has 2 aromatic heterocycles. The first-order valence-electron chi connectivity index (χ1n) is 9.47. The van der Waals surface area contributed by atoms with E-state index in [0.29, 0.717) is 25.7 Å². The minimum absolute atomic E-state index is 0.0478. The summed E-state index contributed by atoms with van der Waals surface area (Å²) in [6.45, 7) is 9.56. The van der Waals surface area contributed by atoms with Crippen LogP contribution >= 0.6 is 0 Å². The van der Waals surface area contributed by atoms with Gasteiger partial charge in [0.25, 0.3) is 5.91 Å². The van der Waals surface area contributed by atoms with Crippen molar-refractivity contribution in [2.75, 3.05) is 19.6 Å². The van der Waals surface area contributed by atoms with E-state index in [1.54, 1.807) is 6.33 Å². The summed E-state index contributed by atoms with van der Waals surface area (Å²) < 4.78 is 4.12. The minimum Gasteiger partial charge on any atom is -0.356 e. The van der Waals surface area contributed by atoms with Crippen LogP contribution in [0.15, 0.2) is 24.8 Å². The van der Waals surface area contributed by atoms with Gasteiger partial charge < -0.3 is 19.4 Å². The third kappa shape index (κ3) is 3.77. The lowest BCUT2D eigenvalue weighted by atomic mass is 9.93. The summed E-state index contributed by atoms with van der Waals surface area (Å²) in [4.78, 5) is 30.7. The standard InChI is InChI=1S/C20H29N5O2/c1-13(2)25-7-6-17(14(25)3)20(27)24-10-16(8-22-15(4)26)18(11-24)19-9-21-12-23(19)5/h6-7,9,12-13,16,18H,8,10-11H2,1-5H3,(H,22,26)/t16-,18-/m1/s1. The van der Waals surface area contributed by atoms with Crippen molar-refractivity contribution in [2.24, 2.45) is 13.0 Å². The summed E-state index contributed by atoms with van der Waals surface area (Å²) in [6.07, 6.45) is 5.62. The number of carbonyl (C=O) groups is 2. The van der Waals surface area contributed by atoms with Crippen LogP contribution in [0.5, 0.6) is 0 Å². The van der Waals surface area contributed by atoms with E-state index in [2.05, 4.69) is 28.7 Å². The Balaban J connectivity index is 1.83. The van der Waals surface area contributed by atoms with E-state index in [1.165, 1.54) is 6.92 Å². The van der Waals surface area contributed by atoms with Crippen molar-refractivity contribution < 1.29 is 9.59 Å². The second kappa shape index (κ2) is 7.58. The zero-order chi connectivity index (χ0) is 19.7. The van der Waals surface area contributed by atoms with Gasteiger partial charge in [-0.2, -0.15) is 0 Å². The van der Waals surface area contributed by atoms with Gasteiger partial charge in [-0.1, -0.05) is 0 Å². The zero-order valence-electron chi connectivity index (χ0n) is 16.8. The highest BCUT2D eigenvalue weighted by Crippen LogP contribution is 2.33. The molecule has 0 bridgehead atoms. The molecule has 2 atom stereocenters. The second-order valence-corrected chi connectivity index (χ2v) is 7.76. The summed E-state index contributed by atoms with van der Waals surface area (Å²) in [5.41, 5.74) is 2.85. The normalized spacial score (nSPS) is 19.7. The fraction of sp³-hybridized carbons (Fsp3) is 0.550. The van der Waals surface area contributed by atoms with Crippen molar-refractivity contribution in [3.63, 3.8) is 0 Å². The topological polar surface area (TPSA) is 72.2 Å². The highest BCUT2D eigenvalue weighted by Gasteiger charge is 2.38. The molecule has 3 heterocycles. The Morgan fingerprint density at radius 2 is 2.07 bits per heavy atom. The van der Waals surface area contributed by atoms with Crippen molar-refractivity contribution in [1.82, 2.24) is 24.3 Å². The Labute approximate surface area is 160 Å². The molecule has 0 aliphatic carbocycles. The number of aromatic nitrogens is 3. The molecule has 7 nitrogen and oxygen atoms in total. The number of likely N-dealkylation sites (tertiary alicyclic amines) is 1. The lowest BCUT2D eigenvalue weighted by Crippen LogP contribution is -2.32. The summed E-state index contributed by atoms with van der Waals surface area (Å²) in [6, 6.07) is 2.23. The molecule has 27 heavy (non-hydrogen) atoms. The largest absolute Gasteiger partial charge is 0.356 e. The molecule has 0 saturated carbocycles. The third-order valence-electron chi connectivity index (χ3n) is 5.54. The fourth-order valence-electron chi connectivity index (χ4n) is 4.06. The third-order valence-corrected chi connectivity index (χ3v) is 5.54. The number of rotatable bonds is 5. The number of carbonyl (C=O) groups excluding carboxylic acids is 2. The van der Waals surface area contributed by atoms with Gasteiger partial charge in [-0.15, -0.1) is 0 Å². The number of nitrogens with zero attached hydrogens (tertiary/aromatic N) is 4. The molecule has 1 aliphatic heterocycles.